The van der Waals surface area contributed by atoms with E-state index >= 15 is 0 Å². The van der Waals surface area contributed by atoms with Crippen LogP contribution < -0.4 is 9.14 Å². The van der Waals surface area contributed by atoms with Crippen LogP contribution >= 0.6 is 0 Å². The number of nitrogens with zero attached hydrogens (tertiary/aromatic N) is 2. The van der Waals surface area contributed by atoms with Gasteiger partial charge in [0.05, 0.1) is 0 Å². The Hall–Kier alpha value is -0.321. The monoisotopic (exact) mass is 274 g/mol. The van der Waals surface area contributed by atoms with Crippen LogP contribution in [0.2, 0.25) is 14.8 Å². The average molecular weight is 273 g/mol. The van der Waals surface area contributed by atoms with E-state index in [0.717, 1.165) is 0 Å². The fourth-order valence-corrected chi connectivity index (χ4v) is 3.74. The predicted molar refractivity (Wildman–Crippen MR) is 52.5 cm³/mol. The Bertz CT molecular complexity index is 338. The van der Waals surface area contributed by atoms with Gasteiger partial charge in [0.15, 0.2) is 0 Å². The molecule has 0 radical (unpaired) electrons. The Morgan fingerprint density at radius 1 is 1.42 bits per heavy atom. The molecule has 0 aliphatic rings. The van der Waals surface area contributed by atoms with Crippen LogP contribution in [0.1, 0.15) is 0 Å². The van der Waals surface area contributed by atoms with E-state index in [1.54, 1.807) is 13.1 Å². The first-order chi connectivity index (χ1) is 5.41. The van der Waals surface area contributed by atoms with Crippen molar-refractivity contribution in [3.05, 3.63) is 22.6 Å². The number of rotatable bonds is 1. The molecule has 0 amide bonds. The molecule has 0 spiro atoms. The molecule has 0 saturated carbocycles. The van der Waals surface area contributed by atoms with E-state index in [2.05, 4.69) is 19.9 Å². The van der Waals surface area contributed by atoms with Gasteiger partial charge < -0.3 is 0 Å². The molecular weight excluding hydrogens is 259 g/mol. The van der Waals surface area contributed by atoms with Crippen LogP contribution in [0.3, 0.4) is 0 Å². The Morgan fingerprint density at radius 3 is 2.42 bits per heavy atom. The minimum atomic E-state index is -2.06. The fourth-order valence-electron chi connectivity index (χ4n) is 0.880. The molecule has 1 aromatic rings. The number of hydrogen-bond donors (Lipinski definition) is 0. The van der Waals surface area contributed by atoms with E-state index in [-0.39, 0.29) is 5.56 Å². The molecule has 0 aliphatic heterocycles. The first-order valence-electron chi connectivity index (χ1n) is 3.95. The molecule has 0 aliphatic carbocycles. The van der Waals surface area contributed by atoms with Crippen molar-refractivity contribution in [2.45, 2.75) is 14.8 Å². The zero-order valence-corrected chi connectivity index (χ0v) is 10.8. The topological polar surface area (TPSA) is 34.9 Å². The third-order valence-corrected chi connectivity index (χ3v) is 7.56. The van der Waals surface area contributed by atoms with Crippen molar-refractivity contribution in [3.8, 4) is 0 Å². The summed E-state index contributed by atoms with van der Waals surface area (Å²) in [6, 6.07) is 1.73. The quantitative estimate of drug-likeness (QED) is 0.691. The molecule has 0 saturated heterocycles. The Morgan fingerprint density at radius 2 is 2.00 bits per heavy atom. The molecule has 0 N–H and O–H groups in total. The first-order valence-corrected chi connectivity index (χ1v) is 13.9. The normalized spacial score (nSPS) is 11.7. The molecule has 0 aromatic carbocycles. The zero-order chi connectivity index (χ0) is 9.35. The molecular formula is C8H14N2OSn. The molecule has 0 atom stereocenters. The van der Waals surface area contributed by atoms with Crippen molar-refractivity contribution in [2.24, 2.45) is 7.05 Å². The third-order valence-electron chi connectivity index (χ3n) is 1.83. The molecule has 0 unspecified atom stereocenters. The van der Waals surface area contributed by atoms with Gasteiger partial charge in [0.1, 0.15) is 0 Å². The molecule has 66 valence electrons. The molecule has 0 bridgehead atoms. The van der Waals surface area contributed by atoms with E-state index < -0.39 is 18.4 Å². The van der Waals surface area contributed by atoms with E-state index in [0.29, 0.717) is 0 Å². The van der Waals surface area contributed by atoms with E-state index in [9.17, 15) is 4.79 Å². The third kappa shape index (κ3) is 2.09. The van der Waals surface area contributed by atoms with Crippen molar-refractivity contribution >= 4 is 22.0 Å². The molecule has 0 fully saturated rings. The van der Waals surface area contributed by atoms with Gasteiger partial charge in [0, 0.05) is 0 Å². The van der Waals surface area contributed by atoms with Crippen molar-refractivity contribution < 1.29 is 0 Å². The fraction of sp³-hybridized carbons (Fsp3) is 0.500. The maximum absolute atomic E-state index is 11.2. The van der Waals surface area contributed by atoms with Crippen molar-refractivity contribution in [1.82, 2.24) is 9.78 Å². The summed E-state index contributed by atoms with van der Waals surface area (Å²) in [4.78, 5) is 18.0. The zero-order valence-electron chi connectivity index (χ0n) is 7.96. The van der Waals surface area contributed by atoms with Gasteiger partial charge >= 0.3 is 76.2 Å². The summed E-state index contributed by atoms with van der Waals surface area (Å²) in [6.45, 7) is 0. The number of aryl methyl sites for hydroxylation is 1. The average Bonchev–Trinajstić information content (AvgIpc) is 1.92. The maximum atomic E-state index is 11.2. The molecule has 12 heavy (non-hydrogen) atoms. The SMILES string of the molecule is Cn1nc[c]([Sn]([CH3])([CH3])[CH3])cc1=O. The number of aromatic nitrogens is 2. The predicted octanol–water partition coefficient (Wildman–Crippen LogP) is 0.326. The van der Waals surface area contributed by atoms with Crippen LogP contribution in [0.4, 0.5) is 0 Å². The van der Waals surface area contributed by atoms with Gasteiger partial charge in [-0.2, -0.15) is 0 Å². The van der Waals surface area contributed by atoms with Crippen LogP contribution in [0, 0.1) is 0 Å². The van der Waals surface area contributed by atoms with E-state index in [1.807, 2.05) is 6.20 Å². The van der Waals surface area contributed by atoms with Crippen LogP contribution in [-0.4, -0.2) is 28.2 Å². The van der Waals surface area contributed by atoms with Gasteiger partial charge in [0.25, 0.3) is 0 Å². The van der Waals surface area contributed by atoms with Gasteiger partial charge in [-0.25, -0.2) is 0 Å². The second kappa shape index (κ2) is 3.20. The van der Waals surface area contributed by atoms with Crippen molar-refractivity contribution in [1.29, 1.82) is 0 Å². The van der Waals surface area contributed by atoms with Gasteiger partial charge in [-0.1, -0.05) is 0 Å². The molecule has 1 heterocycles. The van der Waals surface area contributed by atoms with Gasteiger partial charge in [-0.05, 0) is 0 Å². The second-order valence-corrected chi connectivity index (χ2v) is 18.4. The van der Waals surface area contributed by atoms with E-state index in [1.165, 1.54) is 8.26 Å². The summed E-state index contributed by atoms with van der Waals surface area (Å²) < 4.78 is 2.55. The van der Waals surface area contributed by atoms with Gasteiger partial charge in [-0.15, -0.1) is 0 Å². The second-order valence-electron chi connectivity index (χ2n) is 3.96. The van der Waals surface area contributed by atoms with Crippen LogP contribution in [-0.2, 0) is 7.05 Å². The molecule has 1 rings (SSSR count). The minimum absolute atomic E-state index is 0.000810. The summed E-state index contributed by atoms with van der Waals surface area (Å²) in [5.74, 6) is 0. The summed E-state index contributed by atoms with van der Waals surface area (Å²) in [7, 11) is 1.67. The Labute approximate surface area is 76.3 Å². The Balaban J connectivity index is 3.23. The molecule has 1 aromatic heterocycles. The standard InChI is InChI=1S/C5H5N2O.3CH3.Sn/c1-7-5(8)3-2-4-6-7;;;;/h3-4H,1H3;3*1H3;. The summed E-state index contributed by atoms with van der Waals surface area (Å²) in [6.07, 6.45) is 1.83. The Kier molecular flexibility index (Phi) is 2.60. The van der Waals surface area contributed by atoms with Crippen molar-refractivity contribution in [3.63, 3.8) is 0 Å². The van der Waals surface area contributed by atoms with Crippen LogP contribution in [0.25, 0.3) is 0 Å². The van der Waals surface area contributed by atoms with Gasteiger partial charge in [-0.3, -0.25) is 0 Å². The van der Waals surface area contributed by atoms with Crippen molar-refractivity contribution in [2.75, 3.05) is 0 Å². The summed E-state index contributed by atoms with van der Waals surface area (Å²) in [5.41, 5.74) is -0.000810. The van der Waals surface area contributed by atoms with Crippen LogP contribution in [0.5, 0.6) is 0 Å². The van der Waals surface area contributed by atoms with Crippen LogP contribution in [0.15, 0.2) is 17.1 Å². The summed E-state index contributed by atoms with van der Waals surface area (Å²) >= 11 is -2.06. The first kappa shape index (κ1) is 9.76. The number of hydrogen-bond acceptors (Lipinski definition) is 2. The van der Waals surface area contributed by atoms with E-state index in [4.69, 9.17) is 0 Å². The molecule has 4 heteroatoms. The summed E-state index contributed by atoms with van der Waals surface area (Å²) in [5, 5.41) is 4.00. The van der Waals surface area contributed by atoms with Gasteiger partial charge in [0.2, 0.25) is 0 Å². The molecule has 3 nitrogen and oxygen atoms in total.